The van der Waals surface area contributed by atoms with Gasteiger partial charge in [0.2, 0.25) is 0 Å². The van der Waals surface area contributed by atoms with Gasteiger partial charge in [-0.25, -0.2) is 0 Å². The maximum absolute atomic E-state index is 10.5. The van der Waals surface area contributed by atoms with Gasteiger partial charge in [-0.1, -0.05) is 54.6 Å². The Balaban J connectivity index is 1.94. The zero-order chi connectivity index (χ0) is 12.4. The average Bonchev–Trinajstić information content (AvgIpc) is 2.47. The van der Waals surface area contributed by atoms with E-state index in [0.717, 1.165) is 18.5 Å². The molecule has 2 nitrogen and oxygen atoms in total. The molecule has 2 aromatic carbocycles. The molecule has 0 saturated carbocycles. The van der Waals surface area contributed by atoms with E-state index in [1.165, 1.54) is 11.1 Å². The molecule has 18 heavy (non-hydrogen) atoms. The Labute approximate surface area is 107 Å². The van der Waals surface area contributed by atoms with E-state index in [1.807, 2.05) is 36.4 Å². The van der Waals surface area contributed by atoms with Gasteiger partial charge in [0.05, 0.1) is 12.1 Å². The molecule has 0 fully saturated rings. The molecule has 2 aromatic rings. The topological polar surface area (TPSA) is 32.3 Å². The Morgan fingerprint density at radius 2 is 1.72 bits per heavy atom. The third-order valence-electron chi connectivity index (χ3n) is 3.61. The van der Waals surface area contributed by atoms with Crippen molar-refractivity contribution in [3.8, 4) is 0 Å². The fourth-order valence-corrected chi connectivity index (χ4v) is 2.66. The van der Waals surface area contributed by atoms with Crippen LogP contribution in [0.2, 0.25) is 0 Å². The number of benzene rings is 2. The summed E-state index contributed by atoms with van der Waals surface area (Å²) in [6.45, 7) is 0.922. The van der Waals surface area contributed by atoms with Crippen LogP contribution in [0.15, 0.2) is 54.6 Å². The van der Waals surface area contributed by atoms with Crippen molar-refractivity contribution >= 4 is 0 Å². The van der Waals surface area contributed by atoms with Crippen LogP contribution in [0.4, 0.5) is 0 Å². The fraction of sp³-hybridized carbons (Fsp3) is 0.250. The molecule has 92 valence electrons. The first-order valence-electron chi connectivity index (χ1n) is 6.40. The highest BCUT2D eigenvalue weighted by Gasteiger charge is 2.26. The predicted octanol–water partition coefficient (Wildman–Crippen LogP) is 2.61. The van der Waals surface area contributed by atoms with Gasteiger partial charge in [-0.2, -0.15) is 0 Å². The van der Waals surface area contributed by atoms with Gasteiger partial charge in [0.1, 0.15) is 0 Å². The Morgan fingerprint density at radius 3 is 2.56 bits per heavy atom. The number of fused-ring (bicyclic) bond motifs is 1. The van der Waals surface area contributed by atoms with Crippen molar-refractivity contribution in [3.63, 3.8) is 0 Å². The fourth-order valence-electron chi connectivity index (χ4n) is 2.66. The number of aliphatic hydroxyl groups is 1. The molecule has 2 heteroatoms. The highest BCUT2D eigenvalue weighted by Crippen LogP contribution is 2.32. The Kier molecular flexibility index (Phi) is 3.13. The van der Waals surface area contributed by atoms with Crippen LogP contribution in [0.3, 0.4) is 0 Å². The van der Waals surface area contributed by atoms with E-state index in [0.29, 0.717) is 0 Å². The van der Waals surface area contributed by atoms with Crippen molar-refractivity contribution in [2.45, 2.75) is 18.6 Å². The lowest BCUT2D eigenvalue weighted by Crippen LogP contribution is -2.33. The first-order valence-corrected chi connectivity index (χ1v) is 6.40. The first-order chi connectivity index (χ1) is 8.86. The summed E-state index contributed by atoms with van der Waals surface area (Å²) in [5.41, 5.74) is 3.53. The second kappa shape index (κ2) is 4.92. The van der Waals surface area contributed by atoms with Crippen LogP contribution >= 0.6 is 0 Å². The molecule has 3 rings (SSSR count). The van der Waals surface area contributed by atoms with Crippen molar-refractivity contribution in [2.75, 3.05) is 6.54 Å². The highest BCUT2D eigenvalue weighted by atomic mass is 16.3. The minimum atomic E-state index is -0.493. The lowest BCUT2D eigenvalue weighted by molar-refractivity contribution is 0.125. The van der Waals surface area contributed by atoms with Crippen molar-refractivity contribution in [2.24, 2.45) is 0 Å². The van der Waals surface area contributed by atoms with Crippen LogP contribution in [0.5, 0.6) is 0 Å². The van der Waals surface area contributed by atoms with Gasteiger partial charge in [-0.3, -0.25) is 0 Å². The summed E-state index contributed by atoms with van der Waals surface area (Å²) in [7, 11) is 0. The van der Waals surface area contributed by atoms with E-state index < -0.39 is 6.10 Å². The minimum Gasteiger partial charge on any atom is -0.386 e. The number of nitrogens with one attached hydrogen (secondary N) is 1. The molecule has 0 radical (unpaired) electrons. The van der Waals surface area contributed by atoms with Crippen LogP contribution in [0.25, 0.3) is 0 Å². The molecular weight excluding hydrogens is 222 g/mol. The van der Waals surface area contributed by atoms with Crippen molar-refractivity contribution in [1.82, 2.24) is 5.32 Å². The molecule has 0 saturated heterocycles. The van der Waals surface area contributed by atoms with Crippen molar-refractivity contribution < 1.29 is 5.11 Å². The summed E-state index contributed by atoms with van der Waals surface area (Å²) >= 11 is 0. The second-order valence-corrected chi connectivity index (χ2v) is 4.74. The van der Waals surface area contributed by atoms with Crippen molar-refractivity contribution in [3.05, 3.63) is 71.3 Å². The smallest absolute Gasteiger partial charge is 0.0984 e. The van der Waals surface area contributed by atoms with Crippen LogP contribution in [0, 0.1) is 0 Å². The number of hydrogen-bond donors (Lipinski definition) is 2. The third kappa shape index (κ3) is 2.05. The average molecular weight is 239 g/mol. The summed E-state index contributed by atoms with van der Waals surface area (Å²) in [6.07, 6.45) is 0.543. The molecular formula is C16H17NO. The van der Waals surface area contributed by atoms with Gasteiger partial charge in [0.15, 0.2) is 0 Å². The summed E-state index contributed by atoms with van der Waals surface area (Å²) in [6, 6.07) is 18.2. The molecule has 1 aliphatic rings. The lowest BCUT2D eigenvalue weighted by atomic mass is 9.88. The largest absolute Gasteiger partial charge is 0.386 e. The molecule has 0 amide bonds. The van der Waals surface area contributed by atoms with Gasteiger partial charge in [-0.05, 0) is 29.7 Å². The predicted molar refractivity (Wildman–Crippen MR) is 72.3 cm³/mol. The maximum atomic E-state index is 10.5. The van der Waals surface area contributed by atoms with Crippen LogP contribution < -0.4 is 5.32 Å². The van der Waals surface area contributed by atoms with E-state index >= 15 is 0 Å². The quantitative estimate of drug-likeness (QED) is 0.844. The third-order valence-corrected chi connectivity index (χ3v) is 3.61. The monoisotopic (exact) mass is 239 g/mol. The lowest BCUT2D eigenvalue weighted by Gasteiger charge is -2.30. The minimum absolute atomic E-state index is 0.00245. The van der Waals surface area contributed by atoms with Gasteiger partial charge in [-0.15, -0.1) is 0 Å². The molecule has 2 atom stereocenters. The molecule has 2 N–H and O–H groups in total. The van der Waals surface area contributed by atoms with E-state index in [2.05, 4.69) is 23.5 Å². The van der Waals surface area contributed by atoms with Crippen LogP contribution in [-0.4, -0.2) is 11.7 Å². The summed E-state index contributed by atoms with van der Waals surface area (Å²) < 4.78 is 0. The molecule has 0 aromatic heterocycles. The molecule has 1 aliphatic heterocycles. The van der Waals surface area contributed by atoms with E-state index in [1.54, 1.807) is 0 Å². The normalized spacial score (nSPS) is 20.2. The van der Waals surface area contributed by atoms with Crippen LogP contribution in [0.1, 0.15) is 28.8 Å². The molecule has 0 bridgehead atoms. The Hall–Kier alpha value is -1.64. The molecule has 0 aliphatic carbocycles. The van der Waals surface area contributed by atoms with E-state index in [-0.39, 0.29) is 6.04 Å². The highest BCUT2D eigenvalue weighted by molar-refractivity contribution is 5.35. The Morgan fingerprint density at radius 1 is 1.00 bits per heavy atom. The van der Waals surface area contributed by atoms with Crippen molar-refractivity contribution in [1.29, 1.82) is 0 Å². The summed E-state index contributed by atoms with van der Waals surface area (Å²) in [5, 5.41) is 14.0. The first kappa shape index (κ1) is 11.5. The zero-order valence-electron chi connectivity index (χ0n) is 10.2. The molecule has 0 unspecified atom stereocenters. The Bertz CT molecular complexity index is 524. The van der Waals surface area contributed by atoms with Gasteiger partial charge in [0.25, 0.3) is 0 Å². The number of hydrogen-bond acceptors (Lipinski definition) is 2. The number of aliphatic hydroxyl groups excluding tert-OH is 1. The van der Waals surface area contributed by atoms with Crippen LogP contribution in [-0.2, 0) is 6.42 Å². The SMILES string of the molecule is O[C@H](c1ccccc1)[C@H]1NCCc2ccccc21. The van der Waals surface area contributed by atoms with Gasteiger partial charge in [0, 0.05) is 0 Å². The number of rotatable bonds is 2. The van der Waals surface area contributed by atoms with Gasteiger partial charge >= 0.3 is 0 Å². The maximum Gasteiger partial charge on any atom is 0.0984 e. The van der Waals surface area contributed by atoms with E-state index in [4.69, 9.17) is 0 Å². The summed E-state index contributed by atoms with van der Waals surface area (Å²) in [4.78, 5) is 0. The second-order valence-electron chi connectivity index (χ2n) is 4.74. The standard InChI is InChI=1S/C16H17NO/c18-16(13-7-2-1-3-8-13)15-14-9-5-4-6-12(14)10-11-17-15/h1-9,15-18H,10-11H2/t15-,16+/m0/s1. The van der Waals surface area contributed by atoms with E-state index in [9.17, 15) is 5.11 Å². The zero-order valence-corrected chi connectivity index (χ0v) is 10.2. The molecule has 1 heterocycles. The van der Waals surface area contributed by atoms with Gasteiger partial charge < -0.3 is 10.4 Å². The summed E-state index contributed by atoms with van der Waals surface area (Å²) in [5.74, 6) is 0. The molecule has 0 spiro atoms.